The summed E-state index contributed by atoms with van der Waals surface area (Å²) in [5.74, 6) is -0.00271. The van der Waals surface area contributed by atoms with Crippen molar-refractivity contribution in [2.45, 2.75) is 57.0 Å². The number of benzene rings is 2. The number of nitrogens with zero attached hydrogens (tertiary/aromatic N) is 5. The molecule has 3 heterocycles. The third-order valence-electron chi connectivity index (χ3n) is 7.60. The fourth-order valence-corrected chi connectivity index (χ4v) is 7.76. The van der Waals surface area contributed by atoms with E-state index in [2.05, 4.69) is 26.6 Å². The van der Waals surface area contributed by atoms with E-state index in [-0.39, 0.29) is 18.4 Å². The largest absolute Gasteiger partial charge is 0.371 e. The fraction of sp³-hybridized carbons (Fsp3) is 0.462. The van der Waals surface area contributed by atoms with Crippen LogP contribution in [-0.4, -0.2) is 46.6 Å². The molecular weight excluding hydrogens is 465 g/mol. The molecule has 2 aliphatic heterocycles. The summed E-state index contributed by atoms with van der Waals surface area (Å²) >= 11 is 0. The Balaban J connectivity index is 1.31. The maximum Gasteiger partial charge on any atom is 0.221 e. The first kappa shape index (κ1) is 23.9. The first-order valence-electron chi connectivity index (χ1n) is 12.3. The summed E-state index contributed by atoms with van der Waals surface area (Å²) in [4.78, 5) is 2.20. The van der Waals surface area contributed by atoms with E-state index < -0.39 is 15.3 Å². The number of hydrogen-bond acceptors (Lipinski definition) is 5. The van der Waals surface area contributed by atoms with Gasteiger partial charge in [0.2, 0.25) is 10.0 Å². The van der Waals surface area contributed by atoms with E-state index in [1.165, 1.54) is 4.31 Å². The van der Waals surface area contributed by atoms with Gasteiger partial charge in [-0.2, -0.15) is 4.31 Å². The number of anilines is 1. The Morgan fingerprint density at radius 2 is 1.74 bits per heavy atom. The molecule has 5 rings (SSSR count). The van der Waals surface area contributed by atoms with Crippen LogP contribution in [-0.2, 0) is 16.6 Å². The number of piperidine rings is 1. The molecule has 0 saturated carbocycles. The van der Waals surface area contributed by atoms with Crippen LogP contribution in [0.1, 0.15) is 55.5 Å². The van der Waals surface area contributed by atoms with Crippen LogP contribution in [0.3, 0.4) is 0 Å². The van der Waals surface area contributed by atoms with E-state index in [1.54, 1.807) is 24.8 Å². The predicted molar refractivity (Wildman–Crippen MR) is 134 cm³/mol. The van der Waals surface area contributed by atoms with Crippen molar-refractivity contribution in [2.75, 3.05) is 18.0 Å². The van der Waals surface area contributed by atoms with Gasteiger partial charge in [0.25, 0.3) is 0 Å². The van der Waals surface area contributed by atoms with Crippen LogP contribution in [0.15, 0.2) is 61.2 Å². The van der Waals surface area contributed by atoms with Crippen LogP contribution in [0.2, 0.25) is 0 Å². The van der Waals surface area contributed by atoms with Crippen LogP contribution >= 0.6 is 0 Å². The molecule has 1 aromatic heterocycles. The third-order valence-corrected chi connectivity index (χ3v) is 9.97. The first-order valence-corrected chi connectivity index (χ1v) is 13.8. The van der Waals surface area contributed by atoms with Crippen molar-refractivity contribution in [1.82, 2.24) is 19.1 Å². The first-order chi connectivity index (χ1) is 16.8. The normalized spacial score (nSPS) is 27.1. The van der Waals surface area contributed by atoms with Gasteiger partial charge >= 0.3 is 0 Å². The van der Waals surface area contributed by atoms with Crippen molar-refractivity contribution in [3.05, 3.63) is 78.1 Å². The molecule has 186 valence electrons. The molecular formula is C26H32FN5O2S. The third kappa shape index (κ3) is 4.71. The molecule has 0 aliphatic carbocycles. The van der Waals surface area contributed by atoms with Crippen molar-refractivity contribution in [1.29, 1.82) is 0 Å². The van der Waals surface area contributed by atoms with Crippen LogP contribution in [0.25, 0.3) is 0 Å². The van der Waals surface area contributed by atoms with Gasteiger partial charge in [0.05, 0.1) is 0 Å². The zero-order valence-corrected chi connectivity index (χ0v) is 21.0. The van der Waals surface area contributed by atoms with E-state index >= 15 is 4.39 Å². The predicted octanol–water partition coefficient (Wildman–Crippen LogP) is 4.56. The minimum Gasteiger partial charge on any atom is -0.371 e. The van der Waals surface area contributed by atoms with Gasteiger partial charge in [-0.05, 0) is 49.8 Å². The average molecular weight is 498 g/mol. The molecule has 0 bridgehead atoms. The second-order valence-electron chi connectivity index (χ2n) is 9.88. The summed E-state index contributed by atoms with van der Waals surface area (Å²) in [6.45, 7) is 5.75. The second-order valence-corrected chi connectivity index (χ2v) is 11.9. The lowest BCUT2D eigenvalue weighted by molar-refractivity contribution is 0.279. The second kappa shape index (κ2) is 9.70. The lowest BCUT2D eigenvalue weighted by Gasteiger charge is -2.39. The van der Waals surface area contributed by atoms with Gasteiger partial charge < -0.3 is 9.47 Å². The molecule has 9 heteroatoms. The summed E-state index contributed by atoms with van der Waals surface area (Å²) in [6.07, 6.45) is 5.76. The van der Waals surface area contributed by atoms with Gasteiger partial charge in [0, 0.05) is 43.0 Å². The van der Waals surface area contributed by atoms with E-state index in [0.29, 0.717) is 23.9 Å². The smallest absolute Gasteiger partial charge is 0.221 e. The quantitative estimate of drug-likeness (QED) is 0.517. The highest BCUT2D eigenvalue weighted by molar-refractivity contribution is 7.89. The van der Waals surface area contributed by atoms with E-state index in [0.717, 1.165) is 37.2 Å². The van der Waals surface area contributed by atoms with Crippen LogP contribution < -0.4 is 4.90 Å². The van der Waals surface area contributed by atoms with Gasteiger partial charge in [-0.3, -0.25) is 0 Å². The highest BCUT2D eigenvalue weighted by Crippen LogP contribution is 2.38. The lowest BCUT2D eigenvalue weighted by Crippen LogP contribution is -2.44. The van der Waals surface area contributed by atoms with Gasteiger partial charge in [-0.15, -0.1) is 10.2 Å². The van der Waals surface area contributed by atoms with Crippen molar-refractivity contribution in [3.63, 3.8) is 0 Å². The lowest BCUT2D eigenvalue weighted by atomic mass is 9.93. The van der Waals surface area contributed by atoms with Crippen molar-refractivity contribution < 1.29 is 12.8 Å². The molecule has 3 aromatic rings. The molecule has 2 fully saturated rings. The molecule has 7 nitrogen and oxygen atoms in total. The Labute approximate surface area is 206 Å². The van der Waals surface area contributed by atoms with E-state index in [9.17, 15) is 8.42 Å². The van der Waals surface area contributed by atoms with Gasteiger partial charge in [0.15, 0.2) is 0 Å². The Hall–Kier alpha value is -2.78. The summed E-state index contributed by atoms with van der Waals surface area (Å²) < 4.78 is 45.8. The Kier molecular flexibility index (Phi) is 6.63. The molecule has 0 radical (unpaired) electrons. The summed E-state index contributed by atoms with van der Waals surface area (Å²) in [5, 5.41) is 7.25. The molecule has 2 aromatic carbocycles. The van der Waals surface area contributed by atoms with Gasteiger partial charge in [-0.1, -0.05) is 43.3 Å². The Morgan fingerprint density at radius 3 is 2.43 bits per heavy atom. The number of rotatable bonds is 5. The summed E-state index contributed by atoms with van der Waals surface area (Å²) in [5.41, 5.74) is 2.03. The minimum atomic E-state index is -3.60. The zero-order valence-electron chi connectivity index (χ0n) is 20.2. The highest BCUT2D eigenvalue weighted by Gasteiger charge is 2.40. The maximum absolute atomic E-state index is 15.3. The Morgan fingerprint density at radius 1 is 1.00 bits per heavy atom. The minimum absolute atomic E-state index is 0.0467. The summed E-state index contributed by atoms with van der Waals surface area (Å²) in [7, 11) is -3.60. The number of aromatic nitrogens is 3. The molecule has 35 heavy (non-hydrogen) atoms. The average Bonchev–Trinajstić information content (AvgIpc) is 3.37. The molecule has 2 saturated heterocycles. The van der Waals surface area contributed by atoms with Crippen molar-refractivity contribution in [3.8, 4) is 0 Å². The van der Waals surface area contributed by atoms with Crippen LogP contribution in [0.4, 0.5) is 10.1 Å². The van der Waals surface area contributed by atoms with Crippen molar-refractivity contribution >= 4 is 15.7 Å². The van der Waals surface area contributed by atoms with Crippen LogP contribution in [0.5, 0.6) is 0 Å². The SMILES string of the molecule is CC1CN(c2ccc(CN3[C@@H](C)CC[C@H](c4ccccc4)S3(=O)=O)c(F)c2)CC[C@H]1n1cnnc1. The molecule has 4 atom stereocenters. The fourth-order valence-electron chi connectivity index (χ4n) is 5.57. The van der Waals surface area contributed by atoms with E-state index in [1.807, 2.05) is 43.3 Å². The van der Waals surface area contributed by atoms with E-state index in [4.69, 9.17) is 0 Å². The van der Waals surface area contributed by atoms with Gasteiger partial charge in [-0.25, -0.2) is 12.8 Å². The molecule has 1 unspecified atom stereocenters. The zero-order chi connectivity index (χ0) is 24.6. The molecule has 0 N–H and O–H groups in total. The summed E-state index contributed by atoms with van der Waals surface area (Å²) in [6, 6.07) is 14.7. The molecule has 2 aliphatic rings. The number of halogens is 1. The Bertz CT molecular complexity index is 1250. The van der Waals surface area contributed by atoms with Gasteiger partial charge in [0.1, 0.15) is 23.7 Å². The molecule has 0 amide bonds. The maximum atomic E-state index is 15.3. The highest BCUT2D eigenvalue weighted by atomic mass is 32.2. The molecule has 0 spiro atoms. The number of hydrogen-bond donors (Lipinski definition) is 0. The topological polar surface area (TPSA) is 71.3 Å². The standard InChI is InChI=1S/C26H32FN5O2S/c1-19-15-30(13-12-25(19)31-17-28-29-18-31)23-10-9-22(24(27)14-23)16-32-20(2)8-11-26(35(32,33)34)21-6-4-3-5-7-21/h3-7,9-10,14,17-20,25-26H,8,11-13,15-16H2,1-2H3/t19?,20-,25+,26+/m0/s1. The number of sulfonamides is 1. The van der Waals surface area contributed by atoms with Crippen molar-refractivity contribution in [2.24, 2.45) is 5.92 Å². The van der Waals surface area contributed by atoms with Crippen LogP contribution in [0, 0.1) is 11.7 Å². The monoisotopic (exact) mass is 497 g/mol.